The van der Waals surface area contributed by atoms with E-state index < -0.39 is 11.7 Å². The van der Waals surface area contributed by atoms with Crippen LogP contribution in [0, 0.1) is 0 Å². The van der Waals surface area contributed by atoms with Crippen LogP contribution in [-0.2, 0) is 18.8 Å². The van der Waals surface area contributed by atoms with Crippen molar-refractivity contribution in [2.75, 3.05) is 0 Å². The molecule has 1 nitrogen and oxygen atoms in total. The normalized spacial score (nSPS) is 11.7. The molecule has 0 aliphatic carbocycles. The molecular weight excluding hydrogens is 255 g/mol. The molecule has 0 bridgehead atoms. The van der Waals surface area contributed by atoms with E-state index in [1.54, 1.807) is 0 Å². The fourth-order valence-corrected chi connectivity index (χ4v) is 1.04. The number of hydrogen-bond donors (Lipinski definition) is 0. The number of halogens is 4. The highest BCUT2D eigenvalue weighted by molar-refractivity contribution is 9.10. The van der Waals surface area contributed by atoms with Crippen LogP contribution in [0.25, 0.3) is 0 Å². The average molecular weight is 257 g/mol. The van der Waals surface area contributed by atoms with Crippen LogP contribution in [0.1, 0.15) is 5.56 Å². The van der Waals surface area contributed by atoms with Crippen LogP contribution in [0.2, 0.25) is 0 Å². The van der Waals surface area contributed by atoms with Gasteiger partial charge in [-0.2, -0.15) is 13.2 Å². The molecule has 0 amide bonds. The first-order valence-electron chi connectivity index (χ1n) is 2.81. The van der Waals surface area contributed by atoms with Gasteiger partial charge in [-0.3, -0.25) is 4.98 Å². The molecule has 0 atom stereocenters. The summed E-state index contributed by atoms with van der Waals surface area (Å²) in [5.41, 5.74) is -0.803. The third-order valence-electron chi connectivity index (χ3n) is 1.13. The van der Waals surface area contributed by atoms with Gasteiger partial charge in [-0.25, -0.2) is 0 Å². The Kier molecular flexibility index (Phi) is 2.58. The summed E-state index contributed by atoms with van der Waals surface area (Å²) in [5.74, 6) is 0. The standard InChI is InChI=1S/C6H3BrF3NS/c7-4-1-3(6(8,9)10)2-11-5(4)12/h1-2H,(H,11,12)/p-1. The van der Waals surface area contributed by atoms with Crippen LogP contribution in [0.3, 0.4) is 0 Å². The molecule has 0 spiro atoms. The number of rotatable bonds is 0. The number of nitrogens with zero attached hydrogens (tertiary/aromatic N) is 1. The number of alkyl halides is 3. The van der Waals surface area contributed by atoms with E-state index in [4.69, 9.17) is 0 Å². The molecule has 1 heterocycles. The van der Waals surface area contributed by atoms with Crippen LogP contribution in [0.4, 0.5) is 13.2 Å². The van der Waals surface area contributed by atoms with Gasteiger partial charge in [0, 0.05) is 10.7 Å². The fraction of sp³-hybridized carbons (Fsp3) is 0.167. The molecular formula is C6H2BrF3NS-. The zero-order chi connectivity index (χ0) is 9.35. The lowest BCUT2D eigenvalue weighted by Gasteiger charge is -2.11. The molecule has 6 heteroatoms. The zero-order valence-electron chi connectivity index (χ0n) is 5.52. The van der Waals surface area contributed by atoms with Crippen molar-refractivity contribution < 1.29 is 13.2 Å². The summed E-state index contributed by atoms with van der Waals surface area (Å²) in [6.45, 7) is 0. The highest BCUT2D eigenvalue weighted by atomic mass is 79.9. The van der Waals surface area contributed by atoms with Crippen LogP contribution in [-0.4, -0.2) is 4.98 Å². The van der Waals surface area contributed by atoms with Gasteiger partial charge >= 0.3 is 6.18 Å². The van der Waals surface area contributed by atoms with Crippen LogP contribution < -0.4 is 0 Å². The van der Waals surface area contributed by atoms with E-state index in [1.807, 2.05) is 0 Å². The fourth-order valence-electron chi connectivity index (χ4n) is 0.580. The predicted molar refractivity (Wildman–Crippen MR) is 42.6 cm³/mol. The number of hydrogen-bond acceptors (Lipinski definition) is 2. The summed E-state index contributed by atoms with van der Waals surface area (Å²) in [4.78, 5) is 3.39. The lowest BCUT2D eigenvalue weighted by atomic mass is 10.3. The minimum absolute atomic E-state index is 0.128. The van der Waals surface area contributed by atoms with E-state index in [1.165, 1.54) is 0 Å². The van der Waals surface area contributed by atoms with Gasteiger partial charge in [0.1, 0.15) is 0 Å². The highest BCUT2D eigenvalue weighted by Gasteiger charge is 2.30. The van der Waals surface area contributed by atoms with E-state index in [9.17, 15) is 13.2 Å². The van der Waals surface area contributed by atoms with E-state index in [2.05, 4.69) is 33.5 Å². The summed E-state index contributed by atoms with van der Waals surface area (Å²) in [6, 6.07) is 0.912. The number of pyridine rings is 1. The van der Waals surface area contributed by atoms with Gasteiger partial charge in [0.05, 0.1) is 5.56 Å². The molecule has 1 aromatic rings. The van der Waals surface area contributed by atoms with Crippen LogP contribution in [0.15, 0.2) is 21.8 Å². The third-order valence-corrected chi connectivity index (χ3v) is 2.33. The molecule has 1 aromatic heterocycles. The van der Waals surface area contributed by atoms with Gasteiger partial charge in [0.2, 0.25) is 0 Å². The summed E-state index contributed by atoms with van der Waals surface area (Å²) >= 11 is 7.48. The van der Waals surface area contributed by atoms with Crippen molar-refractivity contribution in [3.05, 3.63) is 22.3 Å². The average Bonchev–Trinajstić information content (AvgIpc) is 1.92. The Bertz CT molecular complexity index is 299. The SMILES string of the molecule is FC(F)(F)c1cnc([S-])c(Br)c1. The second-order valence-corrected chi connectivity index (χ2v) is 3.25. The molecule has 0 N–H and O–H groups in total. The molecule has 0 unspecified atom stereocenters. The van der Waals surface area contributed by atoms with Crippen molar-refractivity contribution in [1.29, 1.82) is 0 Å². The summed E-state index contributed by atoms with van der Waals surface area (Å²) in [5, 5.41) is 0.128. The Morgan fingerprint density at radius 1 is 1.42 bits per heavy atom. The van der Waals surface area contributed by atoms with Crippen molar-refractivity contribution >= 4 is 28.6 Å². The molecule has 0 saturated carbocycles. The molecule has 0 fully saturated rings. The smallest absolute Gasteiger partial charge is 0.417 e. The quantitative estimate of drug-likeness (QED) is 0.663. The van der Waals surface area contributed by atoms with E-state index in [0.717, 1.165) is 6.07 Å². The predicted octanol–water partition coefficient (Wildman–Crippen LogP) is 2.77. The lowest BCUT2D eigenvalue weighted by molar-refractivity contribution is -0.137. The lowest BCUT2D eigenvalue weighted by Crippen LogP contribution is -2.05. The zero-order valence-corrected chi connectivity index (χ0v) is 7.92. The summed E-state index contributed by atoms with van der Waals surface area (Å²) < 4.78 is 36.2. The molecule has 66 valence electrons. The largest absolute Gasteiger partial charge is 0.759 e. The van der Waals surface area contributed by atoms with Crippen molar-refractivity contribution in [2.24, 2.45) is 0 Å². The molecule has 0 saturated heterocycles. The Morgan fingerprint density at radius 3 is 2.42 bits per heavy atom. The van der Waals surface area contributed by atoms with Crippen molar-refractivity contribution in [3.63, 3.8) is 0 Å². The first-order chi connectivity index (χ1) is 5.41. The second-order valence-electron chi connectivity index (χ2n) is 2.01. The Hall–Kier alpha value is -0.360. The van der Waals surface area contributed by atoms with Crippen molar-refractivity contribution in [3.8, 4) is 0 Å². The van der Waals surface area contributed by atoms with Gasteiger partial charge in [0.25, 0.3) is 0 Å². The van der Waals surface area contributed by atoms with E-state index in [-0.39, 0.29) is 9.50 Å². The maximum Gasteiger partial charge on any atom is 0.417 e. The molecule has 12 heavy (non-hydrogen) atoms. The maximum absolute atomic E-state index is 12.0. The Labute approximate surface area is 80.5 Å². The van der Waals surface area contributed by atoms with Gasteiger partial charge < -0.3 is 12.6 Å². The van der Waals surface area contributed by atoms with Crippen LogP contribution in [0.5, 0.6) is 0 Å². The molecule has 0 aliphatic heterocycles. The highest BCUT2D eigenvalue weighted by Crippen LogP contribution is 2.30. The second kappa shape index (κ2) is 3.18. The first-order valence-corrected chi connectivity index (χ1v) is 4.01. The van der Waals surface area contributed by atoms with Crippen molar-refractivity contribution in [2.45, 2.75) is 11.2 Å². The summed E-state index contributed by atoms with van der Waals surface area (Å²) in [7, 11) is 0. The summed E-state index contributed by atoms with van der Waals surface area (Å²) in [6.07, 6.45) is -3.65. The maximum atomic E-state index is 12.0. The van der Waals surface area contributed by atoms with E-state index >= 15 is 0 Å². The Morgan fingerprint density at radius 2 is 2.00 bits per heavy atom. The minimum Gasteiger partial charge on any atom is -0.759 e. The Balaban J connectivity index is 3.14. The van der Waals surface area contributed by atoms with Gasteiger partial charge in [-0.05, 0) is 6.07 Å². The molecule has 0 aliphatic rings. The molecule has 1 rings (SSSR count). The minimum atomic E-state index is -4.36. The van der Waals surface area contributed by atoms with Crippen molar-refractivity contribution in [1.82, 2.24) is 4.98 Å². The monoisotopic (exact) mass is 256 g/mol. The van der Waals surface area contributed by atoms with Crippen LogP contribution >= 0.6 is 15.9 Å². The van der Waals surface area contributed by atoms with Gasteiger partial charge in [-0.15, -0.1) is 0 Å². The van der Waals surface area contributed by atoms with Gasteiger partial charge in [-0.1, -0.05) is 21.0 Å². The van der Waals surface area contributed by atoms with Gasteiger partial charge in [0.15, 0.2) is 0 Å². The third kappa shape index (κ3) is 2.07. The topological polar surface area (TPSA) is 12.9 Å². The number of aromatic nitrogens is 1. The van der Waals surface area contributed by atoms with E-state index in [0.29, 0.717) is 6.20 Å². The molecule has 0 aromatic carbocycles. The first kappa shape index (κ1) is 9.73. The molecule has 0 radical (unpaired) electrons.